The van der Waals surface area contributed by atoms with Crippen LogP contribution < -0.4 is 10.6 Å². The molecule has 3 aliphatic heterocycles. The molecule has 0 spiro atoms. The minimum absolute atomic E-state index is 0. The highest BCUT2D eigenvalue weighted by molar-refractivity contribution is 14.0. The molecule has 1 amide bonds. The molecule has 2 atom stereocenters. The third-order valence-electron chi connectivity index (χ3n) is 6.98. The summed E-state index contributed by atoms with van der Waals surface area (Å²) in [5, 5.41) is 7.10. The molecule has 3 heterocycles. The number of amides is 1. The fraction of sp³-hybridized carbons (Fsp3) is 0.917. The van der Waals surface area contributed by atoms with E-state index in [-0.39, 0.29) is 42.2 Å². The van der Waals surface area contributed by atoms with Gasteiger partial charge in [0.2, 0.25) is 0 Å². The maximum atomic E-state index is 12.7. The van der Waals surface area contributed by atoms with E-state index < -0.39 is 5.60 Å². The van der Waals surface area contributed by atoms with Crippen LogP contribution in [0.4, 0.5) is 4.79 Å². The summed E-state index contributed by atoms with van der Waals surface area (Å²) in [6.45, 7) is 15.6. The Morgan fingerprint density at radius 1 is 1.06 bits per heavy atom. The molecule has 2 bridgehead atoms. The molecule has 186 valence electrons. The fourth-order valence-electron chi connectivity index (χ4n) is 5.37. The zero-order valence-electron chi connectivity index (χ0n) is 20.9. The predicted molar refractivity (Wildman–Crippen MR) is 142 cm³/mol. The number of halogens is 1. The zero-order valence-corrected chi connectivity index (χ0v) is 23.2. The molecule has 2 N–H and O–H groups in total. The van der Waals surface area contributed by atoms with Crippen molar-refractivity contribution in [1.29, 1.82) is 0 Å². The van der Waals surface area contributed by atoms with Crippen LogP contribution in [0.1, 0.15) is 79.6 Å². The van der Waals surface area contributed by atoms with Crippen molar-refractivity contribution in [3.63, 3.8) is 0 Å². The highest BCUT2D eigenvalue weighted by atomic mass is 127. The number of carbonyl (C=O) groups excluding carboxylic acids is 1. The van der Waals surface area contributed by atoms with Gasteiger partial charge in [-0.3, -0.25) is 4.99 Å². The number of hydrogen-bond acceptors (Lipinski definition) is 4. The molecule has 0 aromatic heterocycles. The lowest BCUT2D eigenvalue weighted by molar-refractivity contribution is 0.00545. The molecule has 2 unspecified atom stereocenters. The maximum Gasteiger partial charge on any atom is 0.410 e. The van der Waals surface area contributed by atoms with Crippen LogP contribution in [-0.4, -0.2) is 78.3 Å². The number of nitrogens with zero attached hydrogens (tertiary/aromatic N) is 3. The first-order valence-corrected chi connectivity index (χ1v) is 12.6. The van der Waals surface area contributed by atoms with Crippen molar-refractivity contribution in [2.45, 2.75) is 103 Å². The van der Waals surface area contributed by atoms with E-state index in [1.54, 1.807) is 0 Å². The van der Waals surface area contributed by atoms with E-state index >= 15 is 0 Å². The van der Waals surface area contributed by atoms with Gasteiger partial charge in [0, 0.05) is 31.2 Å². The van der Waals surface area contributed by atoms with Crippen molar-refractivity contribution in [3.05, 3.63) is 0 Å². The molecule has 3 saturated heterocycles. The number of likely N-dealkylation sites (tertiary alicyclic amines) is 1. The Hall–Kier alpha value is -0.770. The Labute approximate surface area is 212 Å². The van der Waals surface area contributed by atoms with Gasteiger partial charge < -0.3 is 25.2 Å². The van der Waals surface area contributed by atoms with Gasteiger partial charge in [0.05, 0.1) is 0 Å². The fourth-order valence-corrected chi connectivity index (χ4v) is 5.37. The highest BCUT2D eigenvalue weighted by Crippen LogP contribution is 2.36. The van der Waals surface area contributed by atoms with E-state index in [0.717, 1.165) is 50.7 Å². The molecule has 0 aromatic rings. The van der Waals surface area contributed by atoms with Crippen LogP contribution >= 0.6 is 24.0 Å². The summed E-state index contributed by atoms with van der Waals surface area (Å²) in [4.78, 5) is 22.1. The van der Waals surface area contributed by atoms with Crippen molar-refractivity contribution in [2.24, 2.45) is 10.9 Å². The zero-order chi connectivity index (χ0) is 22.4. The first kappa shape index (κ1) is 27.5. The minimum atomic E-state index is -0.441. The Morgan fingerprint density at radius 2 is 1.69 bits per heavy atom. The average molecular weight is 564 g/mol. The van der Waals surface area contributed by atoms with Crippen molar-refractivity contribution < 1.29 is 9.53 Å². The third kappa shape index (κ3) is 7.92. The molecular weight excluding hydrogens is 517 g/mol. The number of hydrogen-bond donors (Lipinski definition) is 2. The number of rotatable bonds is 6. The van der Waals surface area contributed by atoms with E-state index in [1.807, 2.05) is 25.7 Å². The van der Waals surface area contributed by atoms with Crippen LogP contribution in [0.5, 0.6) is 0 Å². The van der Waals surface area contributed by atoms with E-state index in [1.165, 1.54) is 38.9 Å². The van der Waals surface area contributed by atoms with Gasteiger partial charge in [0.25, 0.3) is 0 Å². The van der Waals surface area contributed by atoms with Crippen LogP contribution in [0, 0.1) is 5.92 Å². The largest absolute Gasteiger partial charge is 0.444 e. The van der Waals surface area contributed by atoms with E-state index in [0.29, 0.717) is 6.04 Å². The summed E-state index contributed by atoms with van der Waals surface area (Å²) in [7, 11) is 0. The number of aliphatic imine (C=N–C) groups is 1. The summed E-state index contributed by atoms with van der Waals surface area (Å²) < 4.78 is 5.66. The van der Waals surface area contributed by atoms with Gasteiger partial charge in [-0.05, 0) is 98.2 Å². The van der Waals surface area contributed by atoms with Crippen LogP contribution in [-0.2, 0) is 4.74 Å². The second kappa shape index (κ2) is 12.6. The standard InChI is InChI=1S/C24H45N5O2.HI/c1-6-25-22(26-13-10-18-11-14-28(7-2)15-12-18)27-19-16-20-8-9-21(17-19)29(20)23(30)31-24(3,4)5;/h18-21H,6-17H2,1-5H3,(H2,25,26,27);1H. The third-order valence-corrected chi connectivity index (χ3v) is 6.98. The molecule has 0 saturated carbocycles. The summed E-state index contributed by atoms with van der Waals surface area (Å²) in [6, 6.07) is 0.914. The average Bonchev–Trinajstić information content (AvgIpc) is 2.98. The first-order valence-electron chi connectivity index (χ1n) is 12.6. The number of fused-ring (bicyclic) bond motifs is 2. The van der Waals surface area contributed by atoms with E-state index in [9.17, 15) is 4.79 Å². The van der Waals surface area contributed by atoms with Gasteiger partial charge >= 0.3 is 6.09 Å². The molecule has 3 aliphatic rings. The Bertz CT molecular complexity index is 602. The van der Waals surface area contributed by atoms with Crippen LogP contribution in [0.3, 0.4) is 0 Å². The first-order chi connectivity index (χ1) is 14.8. The van der Waals surface area contributed by atoms with E-state index in [2.05, 4.69) is 29.4 Å². The van der Waals surface area contributed by atoms with Crippen LogP contribution in [0.15, 0.2) is 4.99 Å². The van der Waals surface area contributed by atoms with Crippen molar-refractivity contribution >= 4 is 36.0 Å². The Morgan fingerprint density at radius 3 is 2.22 bits per heavy atom. The minimum Gasteiger partial charge on any atom is -0.444 e. The summed E-state index contributed by atoms with van der Waals surface area (Å²) in [5.74, 6) is 1.74. The van der Waals surface area contributed by atoms with Gasteiger partial charge in [-0.1, -0.05) is 6.92 Å². The lowest BCUT2D eigenvalue weighted by Gasteiger charge is -2.40. The van der Waals surface area contributed by atoms with E-state index in [4.69, 9.17) is 9.73 Å². The number of guanidine groups is 1. The lowest BCUT2D eigenvalue weighted by Crippen LogP contribution is -2.55. The van der Waals surface area contributed by atoms with Gasteiger partial charge in [-0.15, -0.1) is 24.0 Å². The topological polar surface area (TPSA) is 69.2 Å². The molecule has 32 heavy (non-hydrogen) atoms. The van der Waals surface area contributed by atoms with Gasteiger partial charge in [-0.2, -0.15) is 0 Å². The molecule has 3 rings (SSSR count). The molecular formula is C24H46IN5O2. The predicted octanol–water partition coefficient (Wildman–Crippen LogP) is 4.21. The van der Waals surface area contributed by atoms with Crippen molar-refractivity contribution in [2.75, 3.05) is 32.7 Å². The molecule has 3 fully saturated rings. The number of nitrogens with one attached hydrogen (secondary N) is 2. The second-order valence-electron chi connectivity index (χ2n) is 10.5. The van der Waals surface area contributed by atoms with Crippen LogP contribution in [0.25, 0.3) is 0 Å². The Balaban J connectivity index is 0.00000363. The Kier molecular flexibility index (Phi) is 10.8. The van der Waals surface area contributed by atoms with Gasteiger partial charge in [0.1, 0.15) is 5.60 Å². The quantitative estimate of drug-likeness (QED) is 0.288. The van der Waals surface area contributed by atoms with Crippen molar-refractivity contribution in [3.8, 4) is 0 Å². The molecule has 0 radical (unpaired) electrons. The number of ether oxygens (including phenoxy) is 1. The molecule has 0 aromatic carbocycles. The van der Waals surface area contributed by atoms with Crippen molar-refractivity contribution in [1.82, 2.24) is 20.4 Å². The number of piperidine rings is 2. The second-order valence-corrected chi connectivity index (χ2v) is 10.5. The summed E-state index contributed by atoms with van der Waals surface area (Å²) >= 11 is 0. The molecule has 7 nitrogen and oxygen atoms in total. The van der Waals surface area contributed by atoms with Crippen LogP contribution in [0.2, 0.25) is 0 Å². The molecule has 0 aliphatic carbocycles. The lowest BCUT2D eigenvalue weighted by atomic mass is 9.94. The summed E-state index contributed by atoms with van der Waals surface area (Å²) in [6.07, 6.45) is 7.73. The highest BCUT2D eigenvalue weighted by Gasteiger charge is 2.45. The monoisotopic (exact) mass is 563 g/mol. The van der Waals surface area contributed by atoms with Gasteiger partial charge in [-0.25, -0.2) is 4.79 Å². The smallest absolute Gasteiger partial charge is 0.410 e. The number of carbonyl (C=O) groups is 1. The van der Waals surface area contributed by atoms with Gasteiger partial charge in [0.15, 0.2) is 5.96 Å². The molecule has 8 heteroatoms. The summed E-state index contributed by atoms with van der Waals surface area (Å²) in [5.41, 5.74) is -0.441. The maximum absolute atomic E-state index is 12.7. The SMILES string of the molecule is CCNC(=NCCC1CCN(CC)CC1)NC1CC2CCC(C1)N2C(=O)OC(C)(C)C.I. The normalized spacial score (nSPS) is 27.1.